The van der Waals surface area contributed by atoms with Crippen LogP contribution < -0.4 is 4.90 Å². The molecule has 0 N–H and O–H groups in total. The van der Waals surface area contributed by atoms with Gasteiger partial charge in [-0.2, -0.15) is 5.10 Å². The molecule has 0 saturated carbocycles. The number of hydrogen-bond acceptors (Lipinski definition) is 6. The van der Waals surface area contributed by atoms with E-state index in [1.54, 1.807) is 22.0 Å². The van der Waals surface area contributed by atoms with Gasteiger partial charge < -0.3 is 14.5 Å². The van der Waals surface area contributed by atoms with Gasteiger partial charge in [-0.05, 0) is 26.8 Å². The lowest BCUT2D eigenvalue weighted by molar-refractivity contribution is 0.105. The molecule has 1 aliphatic heterocycles. The van der Waals surface area contributed by atoms with Crippen LogP contribution in [0.3, 0.4) is 0 Å². The summed E-state index contributed by atoms with van der Waals surface area (Å²) in [6.45, 7) is 8.79. The van der Waals surface area contributed by atoms with Crippen LogP contribution in [0.4, 0.5) is 10.6 Å². The maximum atomic E-state index is 11.8. The zero-order valence-corrected chi connectivity index (χ0v) is 14.3. The molecular weight excluding hydrogens is 308 g/mol. The van der Waals surface area contributed by atoms with Crippen molar-refractivity contribution in [2.24, 2.45) is 0 Å². The van der Waals surface area contributed by atoms with E-state index < -0.39 is 0 Å². The zero-order chi connectivity index (χ0) is 17.1. The Bertz CT molecular complexity index is 721. The first-order chi connectivity index (χ1) is 11.6. The Balaban J connectivity index is 1.72. The lowest BCUT2D eigenvalue weighted by atomic mass is 10.3. The first kappa shape index (κ1) is 16.2. The van der Waals surface area contributed by atoms with Crippen LogP contribution in [0.15, 0.2) is 18.5 Å². The molecule has 1 amide bonds. The number of carbonyl (C=O) groups is 1. The van der Waals surface area contributed by atoms with E-state index in [0.717, 1.165) is 17.2 Å². The minimum absolute atomic E-state index is 0.250. The molecule has 1 aliphatic rings. The quantitative estimate of drug-likeness (QED) is 0.850. The predicted octanol–water partition coefficient (Wildman–Crippen LogP) is 1.56. The van der Waals surface area contributed by atoms with Crippen molar-refractivity contribution in [1.82, 2.24) is 24.6 Å². The van der Waals surface area contributed by atoms with Crippen LogP contribution in [-0.2, 0) is 4.74 Å². The van der Waals surface area contributed by atoms with Gasteiger partial charge in [-0.25, -0.2) is 14.5 Å². The molecule has 8 nitrogen and oxygen atoms in total. The van der Waals surface area contributed by atoms with Crippen molar-refractivity contribution in [2.45, 2.75) is 20.8 Å². The Labute approximate surface area is 141 Å². The van der Waals surface area contributed by atoms with Gasteiger partial charge in [0.25, 0.3) is 0 Å². The van der Waals surface area contributed by atoms with E-state index in [0.29, 0.717) is 38.6 Å². The zero-order valence-electron chi connectivity index (χ0n) is 14.3. The van der Waals surface area contributed by atoms with Crippen molar-refractivity contribution in [2.75, 3.05) is 37.7 Å². The maximum Gasteiger partial charge on any atom is 0.409 e. The minimum atomic E-state index is -0.250. The molecule has 8 heteroatoms. The van der Waals surface area contributed by atoms with Gasteiger partial charge in [0.05, 0.1) is 24.7 Å². The van der Waals surface area contributed by atoms with E-state index in [4.69, 9.17) is 4.74 Å². The summed E-state index contributed by atoms with van der Waals surface area (Å²) < 4.78 is 6.84. The fraction of sp³-hybridized carbons (Fsp3) is 0.500. The van der Waals surface area contributed by atoms with Crippen molar-refractivity contribution >= 4 is 11.9 Å². The second-order valence-electron chi connectivity index (χ2n) is 5.75. The number of nitrogens with zero attached hydrogens (tertiary/aromatic N) is 6. The average molecular weight is 330 g/mol. The Morgan fingerprint density at radius 3 is 2.50 bits per heavy atom. The normalized spacial score (nSPS) is 14.8. The number of rotatable bonds is 3. The van der Waals surface area contributed by atoms with E-state index in [1.165, 1.54) is 0 Å². The Morgan fingerprint density at radius 2 is 1.88 bits per heavy atom. The van der Waals surface area contributed by atoms with Crippen LogP contribution in [0.25, 0.3) is 5.82 Å². The Hall–Kier alpha value is -2.64. The SMILES string of the molecule is CCOC(=O)N1CCN(c2cncc(-n3nc(C)cc3C)n2)CC1. The summed E-state index contributed by atoms with van der Waals surface area (Å²) in [5.74, 6) is 1.49. The Morgan fingerprint density at radius 1 is 1.17 bits per heavy atom. The molecule has 2 aromatic rings. The number of piperazine rings is 1. The highest BCUT2D eigenvalue weighted by molar-refractivity contribution is 5.68. The number of anilines is 1. The third-order valence-corrected chi connectivity index (χ3v) is 3.97. The van der Waals surface area contributed by atoms with Gasteiger partial charge in [0.15, 0.2) is 5.82 Å². The molecule has 0 radical (unpaired) electrons. The largest absolute Gasteiger partial charge is 0.450 e. The molecule has 3 rings (SSSR count). The molecule has 0 bridgehead atoms. The van der Waals surface area contributed by atoms with Gasteiger partial charge >= 0.3 is 6.09 Å². The highest BCUT2D eigenvalue weighted by Crippen LogP contribution is 2.16. The van der Waals surface area contributed by atoms with Crippen LogP contribution in [0, 0.1) is 13.8 Å². The fourth-order valence-electron chi connectivity index (χ4n) is 2.79. The standard InChI is InChI=1S/C16H22N6O2/c1-4-24-16(23)21-7-5-20(6-8-21)14-10-17-11-15(18-14)22-13(3)9-12(2)19-22/h9-11H,4-8H2,1-3H3. The molecule has 2 aromatic heterocycles. The summed E-state index contributed by atoms with van der Waals surface area (Å²) in [4.78, 5) is 24.6. The van der Waals surface area contributed by atoms with Crippen molar-refractivity contribution < 1.29 is 9.53 Å². The lowest BCUT2D eigenvalue weighted by Gasteiger charge is -2.34. The number of aryl methyl sites for hydroxylation is 2. The number of ether oxygens (including phenoxy) is 1. The van der Waals surface area contributed by atoms with E-state index in [-0.39, 0.29) is 6.09 Å². The molecule has 0 unspecified atom stereocenters. The monoisotopic (exact) mass is 330 g/mol. The number of aromatic nitrogens is 4. The summed E-state index contributed by atoms with van der Waals surface area (Å²) in [6.07, 6.45) is 3.20. The molecule has 24 heavy (non-hydrogen) atoms. The molecular formula is C16H22N6O2. The highest BCUT2D eigenvalue weighted by Gasteiger charge is 2.23. The third kappa shape index (κ3) is 3.32. The van der Waals surface area contributed by atoms with Gasteiger partial charge in [0, 0.05) is 31.9 Å². The third-order valence-electron chi connectivity index (χ3n) is 3.97. The summed E-state index contributed by atoms with van der Waals surface area (Å²) in [7, 11) is 0. The summed E-state index contributed by atoms with van der Waals surface area (Å²) in [5.41, 5.74) is 1.97. The first-order valence-corrected chi connectivity index (χ1v) is 8.11. The van der Waals surface area contributed by atoms with E-state index in [9.17, 15) is 4.79 Å². The van der Waals surface area contributed by atoms with Gasteiger partial charge in [-0.15, -0.1) is 0 Å². The second kappa shape index (κ2) is 6.86. The number of carbonyl (C=O) groups excluding carboxylic acids is 1. The summed E-state index contributed by atoms with van der Waals surface area (Å²) >= 11 is 0. The van der Waals surface area contributed by atoms with E-state index in [1.807, 2.05) is 26.8 Å². The van der Waals surface area contributed by atoms with Crippen LogP contribution in [0.2, 0.25) is 0 Å². The van der Waals surface area contributed by atoms with Gasteiger partial charge in [0.2, 0.25) is 0 Å². The predicted molar refractivity (Wildman–Crippen MR) is 89.4 cm³/mol. The fourth-order valence-corrected chi connectivity index (χ4v) is 2.79. The van der Waals surface area contributed by atoms with Crippen LogP contribution in [0.5, 0.6) is 0 Å². The van der Waals surface area contributed by atoms with Gasteiger partial charge in [0.1, 0.15) is 5.82 Å². The molecule has 128 valence electrons. The molecule has 0 atom stereocenters. The molecule has 1 saturated heterocycles. The van der Waals surface area contributed by atoms with Gasteiger partial charge in [-0.1, -0.05) is 0 Å². The first-order valence-electron chi connectivity index (χ1n) is 8.11. The smallest absolute Gasteiger partial charge is 0.409 e. The van der Waals surface area contributed by atoms with Gasteiger partial charge in [-0.3, -0.25) is 4.98 Å². The minimum Gasteiger partial charge on any atom is -0.450 e. The molecule has 0 aliphatic carbocycles. The molecule has 1 fully saturated rings. The van der Waals surface area contributed by atoms with Crippen LogP contribution >= 0.6 is 0 Å². The van der Waals surface area contributed by atoms with Crippen molar-refractivity contribution in [3.63, 3.8) is 0 Å². The average Bonchev–Trinajstić information content (AvgIpc) is 2.94. The topological polar surface area (TPSA) is 76.4 Å². The Kier molecular flexibility index (Phi) is 4.64. The lowest BCUT2D eigenvalue weighted by Crippen LogP contribution is -2.49. The highest BCUT2D eigenvalue weighted by atomic mass is 16.6. The molecule has 0 spiro atoms. The van der Waals surface area contributed by atoms with Crippen molar-refractivity contribution in [3.05, 3.63) is 29.8 Å². The number of hydrogen-bond donors (Lipinski definition) is 0. The number of amides is 1. The van der Waals surface area contributed by atoms with E-state index in [2.05, 4.69) is 20.0 Å². The second-order valence-corrected chi connectivity index (χ2v) is 5.75. The maximum absolute atomic E-state index is 11.8. The van der Waals surface area contributed by atoms with Crippen LogP contribution in [0.1, 0.15) is 18.3 Å². The van der Waals surface area contributed by atoms with E-state index >= 15 is 0 Å². The molecule has 3 heterocycles. The summed E-state index contributed by atoms with van der Waals surface area (Å²) in [6, 6.07) is 2.01. The van der Waals surface area contributed by atoms with Crippen molar-refractivity contribution in [1.29, 1.82) is 0 Å². The molecule has 0 aromatic carbocycles. The van der Waals surface area contributed by atoms with Crippen molar-refractivity contribution in [3.8, 4) is 5.82 Å². The van der Waals surface area contributed by atoms with Crippen LogP contribution in [-0.4, -0.2) is 63.5 Å². The summed E-state index contributed by atoms with van der Waals surface area (Å²) in [5, 5.41) is 4.45.